The number of anilines is 1. The molecule has 0 aromatic heterocycles. The second kappa shape index (κ2) is 6.88. The lowest BCUT2D eigenvalue weighted by Crippen LogP contribution is -2.53. The zero-order valence-corrected chi connectivity index (χ0v) is 14.7. The molecule has 0 bridgehead atoms. The molecule has 4 rings (SSSR count). The summed E-state index contributed by atoms with van der Waals surface area (Å²) >= 11 is 0. The number of fused-ring (bicyclic) bond motifs is 1. The van der Waals surface area contributed by atoms with E-state index in [4.69, 9.17) is 14.2 Å². The lowest BCUT2D eigenvalue weighted by atomic mass is 10.0. The first-order valence-corrected chi connectivity index (χ1v) is 8.78. The molecule has 0 unspecified atom stereocenters. The summed E-state index contributed by atoms with van der Waals surface area (Å²) in [6.07, 6.45) is 1.28. The average Bonchev–Trinajstić information content (AvgIpc) is 2.69. The van der Waals surface area contributed by atoms with Crippen molar-refractivity contribution < 1.29 is 19.0 Å². The first-order valence-electron chi connectivity index (χ1n) is 8.78. The smallest absolute Gasteiger partial charge is 0.321 e. The Balaban J connectivity index is 1.38. The Morgan fingerprint density at radius 3 is 2.65 bits per heavy atom. The Labute approximate surface area is 152 Å². The van der Waals surface area contributed by atoms with E-state index in [1.165, 1.54) is 0 Å². The van der Waals surface area contributed by atoms with Gasteiger partial charge in [-0.1, -0.05) is 18.2 Å². The third-order valence-corrected chi connectivity index (χ3v) is 4.89. The maximum Gasteiger partial charge on any atom is 0.321 e. The largest absolute Gasteiger partial charge is 0.497 e. The number of urea groups is 1. The van der Waals surface area contributed by atoms with Crippen molar-refractivity contribution in [1.82, 2.24) is 4.90 Å². The van der Waals surface area contributed by atoms with Gasteiger partial charge < -0.3 is 24.4 Å². The minimum Gasteiger partial charge on any atom is -0.497 e. The van der Waals surface area contributed by atoms with Crippen LogP contribution in [-0.2, 0) is 11.3 Å². The molecule has 2 aliphatic heterocycles. The van der Waals surface area contributed by atoms with Crippen molar-refractivity contribution >= 4 is 11.7 Å². The van der Waals surface area contributed by atoms with E-state index in [-0.39, 0.29) is 6.03 Å². The molecule has 136 valence electrons. The van der Waals surface area contributed by atoms with Crippen LogP contribution in [0.1, 0.15) is 18.4 Å². The SMILES string of the molecule is COc1ccc2c(c1)COC1(CCN(C(=O)Nc3ccccc3)CC1)O2. The minimum atomic E-state index is -0.648. The summed E-state index contributed by atoms with van der Waals surface area (Å²) < 4.78 is 17.5. The topological polar surface area (TPSA) is 60.0 Å². The fourth-order valence-electron chi connectivity index (χ4n) is 3.36. The second-order valence-electron chi connectivity index (χ2n) is 6.56. The van der Waals surface area contributed by atoms with Crippen LogP contribution in [0.3, 0.4) is 0 Å². The number of nitrogens with zero attached hydrogens (tertiary/aromatic N) is 1. The van der Waals surface area contributed by atoms with Gasteiger partial charge in [0.05, 0.1) is 13.7 Å². The van der Waals surface area contributed by atoms with Crippen LogP contribution in [0.5, 0.6) is 11.5 Å². The highest BCUT2D eigenvalue weighted by Gasteiger charge is 2.42. The van der Waals surface area contributed by atoms with Crippen LogP contribution in [0.2, 0.25) is 0 Å². The lowest BCUT2D eigenvalue weighted by molar-refractivity contribution is -0.225. The molecule has 6 nitrogen and oxygen atoms in total. The van der Waals surface area contributed by atoms with Gasteiger partial charge in [-0.25, -0.2) is 4.79 Å². The number of rotatable bonds is 2. The third-order valence-electron chi connectivity index (χ3n) is 4.89. The molecule has 1 saturated heterocycles. The maximum absolute atomic E-state index is 12.4. The molecule has 2 aliphatic rings. The van der Waals surface area contributed by atoms with Gasteiger partial charge in [0.1, 0.15) is 11.5 Å². The molecule has 1 fully saturated rings. The number of benzene rings is 2. The van der Waals surface area contributed by atoms with Crippen molar-refractivity contribution in [2.75, 3.05) is 25.5 Å². The van der Waals surface area contributed by atoms with Gasteiger partial charge in [0.2, 0.25) is 5.79 Å². The molecule has 2 aromatic rings. The number of piperidine rings is 1. The number of nitrogens with one attached hydrogen (secondary N) is 1. The summed E-state index contributed by atoms with van der Waals surface area (Å²) in [5.41, 5.74) is 1.78. The van der Waals surface area contributed by atoms with E-state index >= 15 is 0 Å². The number of amides is 2. The molecule has 0 aliphatic carbocycles. The summed E-state index contributed by atoms with van der Waals surface area (Å²) in [4.78, 5) is 14.2. The van der Waals surface area contributed by atoms with Crippen molar-refractivity contribution in [3.8, 4) is 11.5 Å². The van der Waals surface area contributed by atoms with Crippen molar-refractivity contribution in [3.63, 3.8) is 0 Å². The number of methoxy groups -OCH3 is 1. The quantitative estimate of drug-likeness (QED) is 0.895. The van der Waals surface area contributed by atoms with Crippen LogP contribution < -0.4 is 14.8 Å². The molecule has 6 heteroatoms. The van der Waals surface area contributed by atoms with E-state index < -0.39 is 5.79 Å². The van der Waals surface area contributed by atoms with Gasteiger partial charge in [0.15, 0.2) is 0 Å². The standard InChI is InChI=1S/C20H22N2O4/c1-24-17-7-8-18-15(13-17)14-25-20(26-18)9-11-22(12-10-20)19(23)21-16-5-3-2-4-6-16/h2-8,13H,9-12,14H2,1H3,(H,21,23). The Kier molecular flexibility index (Phi) is 4.42. The molecule has 2 aromatic carbocycles. The number of carbonyl (C=O) groups is 1. The molecule has 2 amide bonds. The van der Waals surface area contributed by atoms with E-state index in [1.54, 1.807) is 12.0 Å². The van der Waals surface area contributed by atoms with E-state index in [2.05, 4.69) is 5.32 Å². The summed E-state index contributed by atoms with van der Waals surface area (Å²) in [6.45, 7) is 1.66. The zero-order valence-electron chi connectivity index (χ0n) is 14.7. The predicted molar refractivity (Wildman–Crippen MR) is 97.4 cm³/mol. The molecule has 0 atom stereocenters. The average molecular weight is 354 g/mol. The van der Waals surface area contributed by atoms with Crippen LogP contribution in [-0.4, -0.2) is 36.9 Å². The Hall–Kier alpha value is -2.73. The summed E-state index contributed by atoms with van der Waals surface area (Å²) in [6, 6.07) is 15.1. The van der Waals surface area contributed by atoms with Gasteiger partial charge in [-0.2, -0.15) is 0 Å². The number of para-hydroxylation sites is 1. The Morgan fingerprint density at radius 2 is 1.92 bits per heavy atom. The van der Waals surface area contributed by atoms with Gasteiger partial charge in [0, 0.05) is 37.2 Å². The molecule has 2 heterocycles. The number of likely N-dealkylation sites (tertiary alicyclic amines) is 1. The number of hydrogen-bond donors (Lipinski definition) is 1. The van der Waals surface area contributed by atoms with Crippen molar-refractivity contribution in [2.24, 2.45) is 0 Å². The first-order chi connectivity index (χ1) is 12.7. The summed E-state index contributed by atoms with van der Waals surface area (Å²) in [7, 11) is 1.64. The highest BCUT2D eigenvalue weighted by molar-refractivity contribution is 5.89. The highest BCUT2D eigenvalue weighted by Crippen LogP contribution is 2.38. The molecule has 26 heavy (non-hydrogen) atoms. The highest BCUT2D eigenvalue weighted by atomic mass is 16.7. The van der Waals surface area contributed by atoms with Crippen molar-refractivity contribution in [2.45, 2.75) is 25.2 Å². The molecule has 1 spiro atoms. The van der Waals surface area contributed by atoms with Crippen LogP contribution in [0.4, 0.5) is 10.5 Å². The zero-order chi connectivity index (χ0) is 18.0. The van der Waals surface area contributed by atoms with E-state index in [0.29, 0.717) is 32.5 Å². The van der Waals surface area contributed by atoms with Gasteiger partial charge in [-0.3, -0.25) is 0 Å². The fourth-order valence-corrected chi connectivity index (χ4v) is 3.36. The Morgan fingerprint density at radius 1 is 1.15 bits per heavy atom. The van der Waals surface area contributed by atoms with Crippen LogP contribution >= 0.6 is 0 Å². The van der Waals surface area contributed by atoms with Crippen LogP contribution in [0, 0.1) is 0 Å². The Bertz CT molecular complexity index is 786. The second-order valence-corrected chi connectivity index (χ2v) is 6.56. The molecule has 0 radical (unpaired) electrons. The van der Waals surface area contributed by atoms with Crippen LogP contribution in [0.25, 0.3) is 0 Å². The van der Waals surface area contributed by atoms with Gasteiger partial charge in [-0.15, -0.1) is 0 Å². The van der Waals surface area contributed by atoms with Crippen LogP contribution in [0.15, 0.2) is 48.5 Å². The molecule has 0 saturated carbocycles. The first kappa shape index (κ1) is 16.7. The third kappa shape index (κ3) is 3.32. The summed E-state index contributed by atoms with van der Waals surface area (Å²) in [5, 5.41) is 2.92. The van der Waals surface area contributed by atoms with E-state index in [0.717, 1.165) is 22.7 Å². The lowest BCUT2D eigenvalue weighted by Gasteiger charge is -2.43. The maximum atomic E-state index is 12.4. The molecular weight excluding hydrogens is 332 g/mol. The van der Waals surface area contributed by atoms with Crippen molar-refractivity contribution in [1.29, 1.82) is 0 Å². The number of ether oxygens (including phenoxy) is 3. The van der Waals surface area contributed by atoms with E-state index in [1.807, 2.05) is 48.5 Å². The van der Waals surface area contributed by atoms with Gasteiger partial charge >= 0.3 is 6.03 Å². The predicted octanol–water partition coefficient (Wildman–Crippen LogP) is 3.63. The summed E-state index contributed by atoms with van der Waals surface area (Å²) in [5.74, 6) is 0.976. The fraction of sp³-hybridized carbons (Fsp3) is 0.350. The molecular formula is C20H22N2O4. The molecule has 1 N–H and O–H groups in total. The monoisotopic (exact) mass is 354 g/mol. The van der Waals surface area contributed by atoms with Gasteiger partial charge in [-0.05, 0) is 30.3 Å². The normalized spacial score (nSPS) is 18.0. The number of carbonyl (C=O) groups excluding carboxylic acids is 1. The minimum absolute atomic E-state index is 0.0907. The van der Waals surface area contributed by atoms with Crippen molar-refractivity contribution in [3.05, 3.63) is 54.1 Å². The van der Waals surface area contributed by atoms with Gasteiger partial charge in [0.25, 0.3) is 0 Å². The van der Waals surface area contributed by atoms with E-state index in [9.17, 15) is 4.79 Å². The number of hydrogen-bond acceptors (Lipinski definition) is 4.